The van der Waals surface area contributed by atoms with Crippen molar-refractivity contribution in [2.75, 3.05) is 5.32 Å². The summed E-state index contributed by atoms with van der Waals surface area (Å²) in [7, 11) is 0. The van der Waals surface area contributed by atoms with Gasteiger partial charge in [-0.15, -0.1) is 0 Å². The minimum Gasteiger partial charge on any atom is -0.489 e. The molecule has 3 aromatic rings. The zero-order valence-electron chi connectivity index (χ0n) is 15.2. The number of hydrogen-bond donors (Lipinski definition) is 1. The van der Waals surface area contributed by atoms with Gasteiger partial charge in [0.2, 0.25) is 0 Å². The predicted octanol–water partition coefficient (Wildman–Crippen LogP) is 6.07. The molecule has 0 bridgehead atoms. The van der Waals surface area contributed by atoms with Gasteiger partial charge in [0.15, 0.2) is 0 Å². The third-order valence-corrected chi connectivity index (χ3v) is 5.10. The van der Waals surface area contributed by atoms with Crippen molar-refractivity contribution >= 4 is 51.9 Å². The van der Waals surface area contributed by atoms with Gasteiger partial charge in [0.05, 0.1) is 0 Å². The Bertz CT molecular complexity index is 1070. The number of rotatable bonds is 6. The second kappa shape index (κ2) is 10.1. The van der Waals surface area contributed by atoms with E-state index in [-0.39, 0.29) is 5.57 Å². The molecule has 3 aromatic carbocycles. The highest BCUT2D eigenvalue weighted by Gasteiger charge is 2.09. The van der Waals surface area contributed by atoms with Crippen LogP contribution < -0.4 is 10.1 Å². The number of carbonyl (C=O) groups is 1. The lowest BCUT2D eigenvalue weighted by molar-refractivity contribution is -0.112. The van der Waals surface area contributed by atoms with Gasteiger partial charge in [0.1, 0.15) is 24.0 Å². The average Bonchev–Trinajstić information content (AvgIpc) is 2.74. The number of carbonyl (C=O) groups excluding carboxylic acids is 1. The van der Waals surface area contributed by atoms with Crippen molar-refractivity contribution in [2.24, 2.45) is 0 Å². The Kier molecular flexibility index (Phi) is 7.28. The molecule has 0 aliphatic carbocycles. The molecule has 1 amide bonds. The zero-order valence-corrected chi connectivity index (χ0v) is 18.1. The van der Waals surface area contributed by atoms with Crippen molar-refractivity contribution in [1.82, 2.24) is 0 Å². The summed E-state index contributed by atoms with van der Waals surface area (Å²) in [5.74, 6) is 0.219. The van der Waals surface area contributed by atoms with Gasteiger partial charge in [-0.3, -0.25) is 4.79 Å². The SMILES string of the molecule is N#C/C(=C\c1ccc(OCc2ccccc2Cl)cc1)C(=O)Nc1ccc(I)cc1. The van der Waals surface area contributed by atoms with E-state index in [2.05, 4.69) is 27.9 Å². The van der Waals surface area contributed by atoms with Crippen LogP contribution in [0.3, 0.4) is 0 Å². The van der Waals surface area contributed by atoms with Gasteiger partial charge in [-0.1, -0.05) is 41.9 Å². The summed E-state index contributed by atoms with van der Waals surface area (Å²) in [5, 5.41) is 12.7. The van der Waals surface area contributed by atoms with Crippen molar-refractivity contribution in [3.05, 3.63) is 98.1 Å². The maximum atomic E-state index is 12.4. The van der Waals surface area contributed by atoms with Gasteiger partial charge in [-0.2, -0.15) is 5.26 Å². The molecule has 0 heterocycles. The Labute approximate surface area is 187 Å². The van der Waals surface area contributed by atoms with Gasteiger partial charge in [0, 0.05) is 19.8 Å². The van der Waals surface area contributed by atoms with Crippen LogP contribution in [0.2, 0.25) is 5.02 Å². The molecule has 0 saturated carbocycles. The van der Waals surface area contributed by atoms with Crippen LogP contribution in [0.5, 0.6) is 5.75 Å². The lowest BCUT2D eigenvalue weighted by Gasteiger charge is -2.08. The molecule has 29 heavy (non-hydrogen) atoms. The maximum Gasteiger partial charge on any atom is 0.266 e. The summed E-state index contributed by atoms with van der Waals surface area (Å²) in [6.45, 7) is 0.358. The number of benzene rings is 3. The average molecular weight is 515 g/mol. The topological polar surface area (TPSA) is 62.1 Å². The van der Waals surface area contributed by atoms with Gasteiger partial charge in [-0.05, 0) is 76.7 Å². The molecule has 0 saturated heterocycles. The fraction of sp³-hybridized carbons (Fsp3) is 0.0435. The molecule has 0 unspecified atom stereocenters. The van der Waals surface area contributed by atoms with Crippen molar-refractivity contribution in [1.29, 1.82) is 5.26 Å². The van der Waals surface area contributed by atoms with Gasteiger partial charge in [-0.25, -0.2) is 0 Å². The van der Waals surface area contributed by atoms with E-state index in [0.717, 1.165) is 14.7 Å². The summed E-state index contributed by atoms with van der Waals surface area (Å²) in [5.41, 5.74) is 2.29. The third kappa shape index (κ3) is 6.08. The molecule has 1 N–H and O–H groups in total. The highest BCUT2D eigenvalue weighted by atomic mass is 127. The van der Waals surface area contributed by atoms with Crippen LogP contribution in [0.25, 0.3) is 6.08 Å². The minimum atomic E-state index is -0.451. The van der Waals surface area contributed by atoms with Crippen molar-refractivity contribution in [2.45, 2.75) is 6.61 Å². The summed E-state index contributed by atoms with van der Waals surface area (Å²) >= 11 is 8.31. The van der Waals surface area contributed by atoms with E-state index >= 15 is 0 Å². The van der Waals surface area contributed by atoms with Gasteiger partial charge < -0.3 is 10.1 Å². The first-order chi connectivity index (χ1) is 14.0. The number of amides is 1. The number of ether oxygens (including phenoxy) is 1. The predicted molar refractivity (Wildman–Crippen MR) is 124 cm³/mol. The number of anilines is 1. The molecule has 4 nitrogen and oxygen atoms in total. The first-order valence-electron chi connectivity index (χ1n) is 8.70. The number of nitriles is 1. The second-order valence-electron chi connectivity index (χ2n) is 6.08. The van der Waals surface area contributed by atoms with Crippen molar-refractivity contribution in [3.8, 4) is 11.8 Å². The molecule has 0 aromatic heterocycles. The van der Waals surface area contributed by atoms with Crippen LogP contribution in [0, 0.1) is 14.9 Å². The molecule has 0 atom stereocenters. The van der Waals surface area contributed by atoms with E-state index in [1.165, 1.54) is 0 Å². The Morgan fingerprint density at radius 1 is 1.07 bits per heavy atom. The summed E-state index contributed by atoms with van der Waals surface area (Å²) in [6.07, 6.45) is 1.54. The number of hydrogen-bond acceptors (Lipinski definition) is 3. The van der Waals surface area contributed by atoms with Crippen LogP contribution in [-0.4, -0.2) is 5.91 Å². The second-order valence-corrected chi connectivity index (χ2v) is 7.73. The Hall–Kier alpha value is -2.82. The Balaban J connectivity index is 1.65. The van der Waals surface area contributed by atoms with Crippen molar-refractivity contribution in [3.63, 3.8) is 0 Å². The molecule has 0 aliphatic rings. The standard InChI is InChI=1S/C23H16ClIN2O2/c24-22-4-2-1-3-17(22)15-29-21-11-5-16(6-12-21)13-18(14-26)23(28)27-20-9-7-19(25)8-10-20/h1-13H,15H2,(H,27,28)/b18-13+. The van der Waals surface area contributed by atoms with E-state index in [4.69, 9.17) is 16.3 Å². The van der Waals surface area contributed by atoms with Crippen molar-refractivity contribution < 1.29 is 9.53 Å². The van der Waals surface area contributed by atoms with E-state index in [0.29, 0.717) is 23.1 Å². The molecule has 0 spiro atoms. The fourth-order valence-electron chi connectivity index (χ4n) is 2.48. The Morgan fingerprint density at radius 2 is 1.76 bits per heavy atom. The van der Waals surface area contributed by atoms with E-state index < -0.39 is 5.91 Å². The van der Waals surface area contributed by atoms with Crippen LogP contribution in [-0.2, 0) is 11.4 Å². The molecule has 0 aliphatic heterocycles. The largest absolute Gasteiger partial charge is 0.489 e. The summed E-state index contributed by atoms with van der Waals surface area (Å²) in [4.78, 5) is 12.4. The Morgan fingerprint density at radius 3 is 2.41 bits per heavy atom. The zero-order chi connectivity index (χ0) is 20.6. The molecular formula is C23H16ClIN2O2. The summed E-state index contributed by atoms with van der Waals surface area (Å²) in [6, 6.07) is 24.0. The highest BCUT2D eigenvalue weighted by molar-refractivity contribution is 14.1. The molecule has 6 heteroatoms. The molecule has 3 rings (SSSR count). The minimum absolute atomic E-state index is 0.0216. The molecular weight excluding hydrogens is 499 g/mol. The normalized spacial score (nSPS) is 10.9. The van der Waals surface area contributed by atoms with Crippen LogP contribution >= 0.6 is 34.2 Å². The number of nitrogens with zero attached hydrogens (tertiary/aromatic N) is 1. The van der Waals surface area contributed by atoms with E-state index in [9.17, 15) is 10.1 Å². The molecule has 0 radical (unpaired) electrons. The van der Waals surface area contributed by atoms with Crippen LogP contribution in [0.15, 0.2) is 78.4 Å². The fourth-order valence-corrected chi connectivity index (χ4v) is 3.03. The van der Waals surface area contributed by atoms with Crippen LogP contribution in [0.1, 0.15) is 11.1 Å². The van der Waals surface area contributed by atoms with E-state index in [1.807, 2.05) is 42.5 Å². The first-order valence-corrected chi connectivity index (χ1v) is 10.2. The number of nitrogens with one attached hydrogen (secondary N) is 1. The molecule has 144 valence electrons. The van der Waals surface area contributed by atoms with Gasteiger partial charge >= 0.3 is 0 Å². The highest BCUT2D eigenvalue weighted by Crippen LogP contribution is 2.20. The lowest BCUT2D eigenvalue weighted by atomic mass is 10.1. The maximum absolute atomic E-state index is 12.4. The first kappa shape index (κ1) is 20.9. The summed E-state index contributed by atoms with van der Waals surface area (Å²) < 4.78 is 6.81. The van der Waals surface area contributed by atoms with Crippen LogP contribution in [0.4, 0.5) is 5.69 Å². The van der Waals surface area contributed by atoms with Gasteiger partial charge in [0.25, 0.3) is 5.91 Å². The molecule has 0 fully saturated rings. The smallest absolute Gasteiger partial charge is 0.266 e. The van der Waals surface area contributed by atoms with E-state index in [1.54, 1.807) is 42.5 Å². The monoisotopic (exact) mass is 514 g/mol. The number of halogens is 2. The lowest BCUT2D eigenvalue weighted by Crippen LogP contribution is -2.13. The quantitative estimate of drug-likeness (QED) is 0.247. The third-order valence-electron chi connectivity index (χ3n) is 4.01.